The van der Waals surface area contributed by atoms with Gasteiger partial charge in [-0.05, 0) is 42.7 Å². The van der Waals surface area contributed by atoms with Gasteiger partial charge in [-0.3, -0.25) is 0 Å². The number of hydrogen-bond donors (Lipinski definition) is 1. The topological polar surface area (TPSA) is 44.5 Å². The van der Waals surface area contributed by atoms with Crippen LogP contribution in [0.15, 0.2) is 36.4 Å². The summed E-state index contributed by atoms with van der Waals surface area (Å²) < 4.78 is 10.7. The quantitative estimate of drug-likeness (QED) is 0.927. The summed E-state index contributed by atoms with van der Waals surface area (Å²) >= 11 is 0. The third-order valence-electron chi connectivity index (χ3n) is 3.72. The van der Waals surface area contributed by atoms with Crippen molar-refractivity contribution in [3.63, 3.8) is 0 Å². The maximum absolute atomic E-state index is 6.38. The Labute approximate surface area is 120 Å². The van der Waals surface area contributed by atoms with Crippen LogP contribution >= 0.6 is 0 Å². The largest absolute Gasteiger partial charge is 0.497 e. The Morgan fingerprint density at radius 3 is 2.10 bits per heavy atom. The first-order chi connectivity index (χ1) is 9.58. The van der Waals surface area contributed by atoms with E-state index in [4.69, 9.17) is 15.2 Å². The summed E-state index contributed by atoms with van der Waals surface area (Å²) in [5.41, 5.74) is 10.8. The molecule has 0 aromatic heterocycles. The molecule has 0 aliphatic rings. The van der Waals surface area contributed by atoms with Crippen LogP contribution in [0, 0.1) is 13.8 Å². The predicted molar refractivity (Wildman–Crippen MR) is 81.5 cm³/mol. The van der Waals surface area contributed by atoms with Crippen molar-refractivity contribution in [1.29, 1.82) is 0 Å². The van der Waals surface area contributed by atoms with Crippen LogP contribution in [0.25, 0.3) is 0 Å². The van der Waals surface area contributed by atoms with Crippen molar-refractivity contribution in [2.75, 3.05) is 14.2 Å². The summed E-state index contributed by atoms with van der Waals surface area (Å²) in [6, 6.07) is 11.7. The highest BCUT2D eigenvalue weighted by atomic mass is 16.5. The molecule has 2 aromatic rings. The number of rotatable bonds is 4. The van der Waals surface area contributed by atoms with Crippen LogP contribution in [0.2, 0.25) is 0 Å². The number of nitrogens with two attached hydrogens (primary N) is 1. The lowest BCUT2D eigenvalue weighted by atomic mass is 9.95. The van der Waals surface area contributed by atoms with Gasteiger partial charge in [-0.2, -0.15) is 0 Å². The number of aryl methyl sites for hydroxylation is 1. The van der Waals surface area contributed by atoms with Gasteiger partial charge < -0.3 is 15.2 Å². The van der Waals surface area contributed by atoms with Crippen molar-refractivity contribution in [2.45, 2.75) is 19.9 Å². The van der Waals surface area contributed by atoms with Gasteiger partial charge in [-0.1, -0.05) is 24.3 Å². The molecule has 0 saturated heterocycles. The van der Waals surface area contributed by atoms with Gasteiger partial charge in [-0.15, -0.1) is 0 Å². The highest BCUT2D eigenvalue weighted by Crippen LogP contribution is 2.33. The zero-order chi connectivity index (χ0) is 14.7. The van der Waals surface area contributed by atoms with Gasteiger partial charge in [0, 0.05) is 5.56 Å². The number of ether oxygens (including phenoxy) is 2. The van der Waals surface area contributed by atoms with Crippen LogP contribution in [0.4, 0.5) is 0 Å². The molecule has 0 fully saturated rings. The summed E-state index contributed by atoms with van der Waals surface area (Å²) in [5, 5.41) is 0. The molecule has 106 valence electrons. The fourth-order valence-corrected chi connectivity index (χ4v) is 2.32. The minimum absolute atomic E-state index is 0.213. The SMILES string of the molecule is COc1ccc(C(N)c2ccc(C)c(C)c2OC)cc1. The molecule has 2 rings (SSSR count). The van der Waals surface area contributed by atoms with Crippen LogP contribution in [0.3, 0.4) is 0 Å². The second-order valence-corrected chi connectivity index (χ2v) is 4.88. The second-order valence-electron chi connectivity index (χ2n) is 4.88. The van der Waals surface area contributed by atoms with Gasteiger partial charge in [0.2, 0.25) is 0 Å². The molecule has 0 heterocycles. The van der Waals surface area contributed by atoms with E-state index in [1.54, 1.807) is 14.2 Å². The number of methoxy groups -OCH3 is 2. The molecule has 2 aromatic carbocycles. The van der Waals surface area contributed by atoms with Crippen molar-refractivity contribution in [2.24, 2.45) is 5.73 Å². The Morgan fingerprint density at radius 1 is 0.900 bits per heavy atom. The van der Waals surface area contributed by atoms with E-state index in [9.17, 15) is 0 Å². The lowest BCUT2D eigenvalue weighted by Gasteiger charge is -2.19. The zero-order valence-electron chi connectivity index (χ0n) is 12.4. The average Bonchev–Trinajstić information content (AvgIpc) is 2.49. The van der Waals surface area contributed by atoms with E-state index in [1.165, 1.54) is 5.56 Å². The first kappa shape index (κ1) is 14.4. The lowest BCUT2D eigenvalue weighted by Crippen LogP contribution is -2.14. The molecular weight excluding hydrogens is 250 g/mol. The molecule has 3 nitrogen and oxygen atoms in total. The number of benzene rings is 2. The lowest BCUT2D eigenvalue weighted by molar-refractivity contribution is 0.404. The first-order valence-electron chi connectivity index (χ1n) is 6.62. The highest BCUT2D eigenvalue weighted by molar-refractivity contribution is 5.49. The van der Waals surface area contributed by atoms with Crippen molar-refractivity contribution < 1.29 is 9.47 Å². The zero-order valence-corrected chi connectivity index (χ0v) is 12.4. The Hall–Kier alpha value is -2.00. The standard InChI is InChI=1S/C17H21NO2/c1-11-5-10-15(17(20-4)12(11)2)16(18)13-6-8-14(19-3)9-7-13/h5-10,16H,18H2,1-4H3. The van der Waals surface area contributed by atoms with E-state index >= 15 is 0 Å². The first-order valence-corrected chi connectivity index (χ1v) is 6.62. The van der Waals surface area contributed by atoms with E-state index in [1.807, 2.05) is 30.3 Å². The molecule has 20 heavy (non-hydrogen) atoms. The summed E-state index contributed by atoms with van der Waals surface area (Å²) in [7, 11) is 3.34. The molecule has 0 aliphatic heterocycles. The normalized spacial score (nSPS) is 12.1. The fraction of sp³-hybridized carbons (Fsp3) is 0.294. The van der Waals surface area contributed by atoms with Crippen molar-refractivity contribution in [1.82, 2.24) is 0 Å². The maximum Gasteiger partial charge on any atom is 0.127 e. The van der Waals surface area contributed by atoms with Gasteiger partial charge in [0.25, 0.3) is 0 Å². The van der Waals surface area contributed by atoms with E-state index in [0.29, 0.717) is 0 Å². The second kappa shape index (κ2) is 5.97. The molecule has 1 atom stereocenters. The third-order valence-corrected chi connectivity index (χ3v) is 3.72. The average molecular weight is 271 g/mol. The summed E-state index contributed by atoms with van der Waals surface area (Å²) in [6.45, 7) is 4.12. The van der Waals surface area contributed by atoms with Crippen LogP contribution in [0.1, 0.15) is 28.3 Å². The minimum atomic E-state index is -0.213. The molecule has 0 radical (unpaired) electrons. The minimum Gasteiger partial charge on any atom is -0.497 e. The van der Waals surface area contributed by atoms with E-state index in [0.717, 1.165) is 28.2 Å². The molecule has 0 spiro atoms. The molecule has 1 unspecified atom stereocenters. The van der Waals surface area contributed by atoms with Gasteiger partial charge in [0.15, 0.2) is 0 Å². The molecule has 2 N–H and O–H groups in total. The Kier molecular flexibility index (Phi) is 4.30. The van der Waals surface area contributed by atoms with Crippen molar-refractivity contribution >= 4 is 0 Å². The number of hydrogen-bond acceptors (Lipinski definition) is 3. The molecule has 3 heteroatoms. The highest BCUT2D eigenvalue weighted by Gasteiger charge is 2.16. The summed E-state index contributed by atoms with van der Waals surface area (Å²) in [4.78, 5) is 0. The smallest absolute Gasteiger partial charge is 0.127 e. The monoisotopic (exact) mass is 271 g/mol. The molecule has 0 aliphatic carbocycles. The van der Waals surface area contributed by atoms with Crippen molar-refractivity contribution in [3.05, 3.63) is 58.7 Å². The van der Waals surface area contributed by atoms with Crippen molar-refractivity contribution in [3.8, 4) is 11.5 Å². The third kappa shape index (κ3) is 2.63. The molecule has 0 bridgehead atoms. The summed E-state index contributed by atoms with van der Waals surface area (Å²) in [6.07, 6.45) is 0. The molecule has 0 amide bonds. The van der Waals surface area contributed by atoms with Gasteiger partial charge in [0.1, 0.15) is 11.5 Å². The van der Waals surface area contributed by atoms with E-state index in [-0.39, 0.29) is 6.04 Å². The predicted octanol–water partition coefficient (Wildman–Crippen LogP) is 3.37. The Morgan fingerprint density at radius 2 is 1.55 bits per heavy atom. The summed E-state index contributed by atoms with van der Waals surface area (Å²) in [5.74, 6) is 1.70. The van der Waals surface area contributed by atoms with Crippen LogP contribution in [-0.2, 0) is 0 Å². The van der Waals surface area contributed by atoms with Gasteiger partial charge in [0.05, 0.1) is 20.3 Å². The van der Waals surface area contributed by atoms with Crippen LogP contribution < -0.4 is 15.2 Å². The Balaban J connectivity index is 2.42. The van der Waals surface area contributed by atoms with Crippen LogP contribution in [-0.4, -0.2) is 14.2 Å². The van der Waals surface area contributed by atoms with E-state index < -0.39 is 0 Å². The molecular formula is C17H21NO2. The van der Waals surface area contributed by atoms with Gasteiger partial charge >= 0.3 is 0 Å². The fourth-order valence-electron chi connectivity index (χ4n) is 2.32. The maximum atomic E-state index is 6.38. The van der Waals surface area contributed by atoms with Crippen LogP contribution in [0.5, 0.6) is 11.5 Å². The Bertz CT molecular complexity index is 591. The molecule has 0 saturated carbocycles. The van der Waals surface area contributed by atoms with E-state index in [2.05, 4.69) is 19.9 Å². The van der Waals surface area contributed by atoms with Gasteiger partial charge in [-0.25, -0.2) is 0 Å².